The molecule has 1 nitrogen and oxygen atoms in total. The minimum atomic E-state index is 0.730. The molecule has 0 unspecified atom stereocenters. The van der Waals surface area contributed by atoms with Crippen molar-refractivity contribution in [3.63, 3.8) is 0 Å². The van der Waals surface area contributed by atoms with Gasteiger partial charge in [0.05, 0.1) is 0 Å². The van der Waals surface area contributed by atoms with E-state index in [0.717, 1.165) is 17.2 Å². The van der Waals surface area contributed by atoms with E-state index in [4.69, 9.17) is 0 Å². The number of fused-ring (bicyclic) bond motifs is 1. The number of rotatable bonds is 1. The van der Waals surface area contributed by atoms with Crippen molar-refractivity contribution in [2.75, 3.05) is 0 Å². The maximum Gasteiger partial charge on any atom is 0.150 e. The molecule has 0 radical (unpaired) electrons. The third-order valence-corrected chi connectivity index (χ3v) is 2.58. The number of carbonyl (C=O) groups excluding carboxylic acids is 1. The molecule has 1 heteroatoms. The SMILES string of the molecule is O=Cc1ccc2ccccc2c1.c1ccccc1. The second-order valence-electron chi connectivity index (χ2n) is 3.88. The number of carbonyl (C=O) groups is 1. The first-order valence-corrected chi connectivity index (χ1v) is 5.84. The van der Waals surface area contributed by atoms with E-state index in [1.807, 2.05) is 78.9 Å². The van der Waals surface area contributed by atoms with Gasteiger partial charge in [-0.3, -0.25) is 4.79 Å². The summed E-state index contributed by atoms with van der Waals surface area (Å²) < 4.78 is 0. The monoisotopic (exact) mass is 234 g/mol. The maximum atomic E-state index is 10.5. The van der Waals surface area contributed by atoms with E-state index in [-0.39, 0.29) is 0 Å². The van der Waals surface area contributed by atoms with E-state index < -0.39 is 0 Å². The van der Waals surface area contributed by atoms with Crippen LogP contribution >= 0.6 is 0 Å². The maximum absolute atomic E-state index is 10.5. The van der Waals surface area contributed by atoms with Crippen LogP contribution in [0.5, 0.6) is 0 Å². The van der Waals surface area contributed by atoms with Gasteiger partial charge >= 0.3 is 0 Å². The van der Waals surface area contributed by atoms with Crippen LogP contribution in [0.2, 0.25) is 0 Å². The standard InChI is InChI=1S/C11H8O.C6H6/c12-8-9-5-6-10-3-1-2-4-11(10)7-9;1-2-4-6-5-3-1/h1-8H;1-6H. The predicted molar refractivity (Wildman–Crippen MR) is 75.8 cm³/mol. The summed E-state index contributed by atoms with van der Waals surface area (Å²) in [4.78, 5) is 10.5. The number of aldehydes is 1. The van der Waals surface area contributed by atoms with Crippen LogP contribution in [0, 0.1) is 0 Å². The van der Waals surface area contributed by atoms with Crippen LogP contribution in [0.3, 0.4) is 0 Å². The fourth-order valence-corrected chi connectivity index (χ4v) is 1.67. The molecule has 0 fully saturated rings. The molecule has 0 spiro atoms. The minimum Gasteiger partial charge on any atom is -0.298 e. The molecule has 0 atom stereocenters. The highest BCUT2D eigenvalue weighted by atomic mass is 16.1. The first kappa shape index (κ1) is 12.1. The Balaban J connectivity index is 0.000000169. The number of hydrogen-bond donors (Lipinski definition) is 0. The quantitative estimate of drug-likeness (QED) is 0.572. The summed E-state index contributed by atoms with van der Waals surface area (Å²) in [7, 11) is 0. The summed E-state index contributed by atoms with van der Waals surface area (Å²) >= 11 is 0. The van der Waals surface area contributed by atoms with Crippen molar-refractivity contribution in [2.24, 2.45) is 0 Å². The van der Waals surface area contributed by atoms with Gasteiger partial charge in [-0.2, -0.15) is 0 Å². The van der Waals surface area contributed by atoms with E-state index in [1.165, 1.54) is 5.39 Å². The van der Waals surface area contributed by atoms with Gasteiger partial charge in [-0.05, 0) is 16.8 Å². The van der Waals surface area contributed by atoms with Crippen LogP contribution in [0.25, 0.3) is 10.8 Å². The molecule has 0 saturated heterocycles. The molecule has 3 aromatic rings. The third-order valence-electron chi connectivity index (χ3n) is 2.58. The molecule has 18 heavy (non-hydrogen) atoms. The van der Waals surface area contributed by atoms with Crippen LogP contribution in [-0.4, -0.2) is 6.29 Å². The zero-order chi connectivity index (χ0) is 12.6. The Labute approximate surface area is 107 Å². The summed E-state index contributed by atoms with van der Waals surface area (Å²) in [6.45, 7) is 0. The molecule has 88 valence electrons. The minimum absolute atomic E-state index is 0.730. The van der Waals surface area contributed by atoms with E-state index in [9.17, 15) is 4.79 Å². The average molecular weight is 234 g/mol. The van der Waals surface area contributed by atoms with Crippen LogP contribution in [-0.2, 0) is 0 Å². The van der Waals surface area contributed by atoms with Crippen molar-refractivity contribution in [3.8, 4) is 0 Å². The molecule has 0 saturated carbocycles. The number of hydrogen-bond acceptors (Lipinski definition) is 1. The second kappa shape index (κ2) is 6.36. The summed E-state index contributed by atoms with van der Waals surface area (Å²) in [6.07, 6.45) is 0.867. The first-order chi connectivity index (χ1) is 8.90. The molecule has 3 rings (SSSR count). The van der Waals surface area contributed by atoms with E-state index in [1.54, 1.807) is 0 Å². The Morgan fingerprint density at radius 2 is 1.17 bits per heavy atom. The van der Waals surface area contributed by atoms with Crippen LogP contribution in [0.1, 0.15) is 10.4 Å². The summed E-state index contributed by atoms with van der Waals surface area (Å²) in [5.74, 6) is 0. The zero-order valence-corrected chi connectivity index (χ0v) is 9.99. The third kappa shape index (κ3) is 3.29. The van der Waals surface area contributed by atoms with Gasteiger partial charge in [-0.25, -0.2) is 0 Å². The summed E-state index contributed by atoms with van der Waals surface area (Å²) in [5, 5.41) is 2.28. The van der Waals surface area contributed by atoms with Gasteiger partial charge in [-0.1, -0.05) is 72.8 Å². The van der Waals surface area contributed by atoms with E-state index >= 15 is 0 Å². The fourth-order valence-electron chi connectivity index (χ4n) is 1.67. The van der Waals surface area contributed by atoms with Gasteiger partial charge in [0, 0.05) is 5.56 Å². The molecule has 0 aliphatic carbocycles. The van der Waals surface area contributed by atoms with Gasteiger partial charge in [0.25, 0.3) is 0 Å². The van der Waals surface area contributed by atoms with Crippen LogP contribution in [0.4, 0.5) is 0 Å². The molecule has 0 bridgehead atoms. The van der Waals surface area contributed by atoms with Gasteiger partial charge < -0.3 is 0 Å². The van der Waals surface area contributed by atoms with Crippen molar-refractivity contribution in [1.82, 2.24) is 0 Å². The Morgan fingerprint density at radius 1 is 0.611 bits per heavy atom. The molecule has 0 N–H and O–H groups in total. The topological polar surface area (TPSA) is 17.1 Å². The Morgan fingerprint density at radius 3 is 1.72 bits per heavy atom. The molecule has 0 heterocycles. The van der Waals surface area contributed by atoms with Crippen molar-refractivity contribution in [2.45, 2.75) is 0 Å². The Kier molecular flexibility index (Phi) is 4.26. The Hall–Kier alpha value is -2.41. The van der Waals surface area contributed by atoms with Crippen molar-refractivity contribution < 1.29 is 4.79 Å². The number of benzene rings is 3. The van der Waals surface area contributed by atoms with Crippen molar-refractivity contribution in [1.29, 1.82) is 0 Å². The lowest BCUT2D eigenvalue weighted by Crippen LogP contribution is -1.78. The summed E-state index contributed by atoms with van der Waals surface area (Å²) in [6, 6.07) is 25.7. The van der Waals surface area contributed by atoms with Gasteiger partial charge in [0.15, 0.2) is 0 Å². The molecule has 3 aromatic carbocycles. The largest absolute Gasteiger partial charge is 0.298 e. The van der Waals surface area contributed by atoms with Crippen LogP contribution < -0.4 is 0 Å². The fraction of sp³-hybridized carbons (Fsp3) is 0. The first-order valence-electron chi connectivity index (χ1n) is 5.84. The average Bonchev–Trinajstić information content (AvgIpc) is 2.49. The molecular formula is C17H14O. The normalized spacial score (nSPS) is 9.33. The molecule has 0 amide bonds. The van der Waals surface area contributed by atoms with Crippen LogP contribution in [0.15, 0.2) is 78.9 Å². The lowest BCUT2D eigenvalue weighted by molar-refractivity contribution is 0.112. The van der Waals surface area contributed by atoms with E-state index in [0.29, 0.717) is 0 Å². The molecule has 0 aromatic heterocycles. The molecular weight excluding hydrogens is 220 g/mol. The van der Waals surface area contributed by atoms with Gasteiger partial charge in [0.1, 0.15) is 6.29 Å². The molecule has 0 aliphatic rings. The van der Waals surface area contributed by atoms with Crippen molar-refractivity contribution >= 4 is 17.1 Å². The predicted octanol–water partition coefficient (Wildman–Crippen LogP) is 4.34. The van der Waals surface area contributed by atoms with E-state index in [2.05, 4.69) is 0 Å². The lowest BCUT2D eigenvalue weighted by atomic mass is 10.1. The highest BCUT2D eigenvalue weighted by Gasteiger charge is 1.92. The second-order valence-corrected chi connectivity index (χ2v) is 3.88. The highest BCUT2D eigenvalue weighted by Crippen LogP contribution is 2.14. The van der Waals surface area contributed by atoms with Gasteiger partial charge in [0.2, 0.25) is 0 Å². The van der Waals surface area contributed by atoms with Gasteiger partial charge in [-0.15, -0.1) is 0 Å². The smallest absolute Gasteiger partial charge is 0.150 e. The molecule has 0 aliphatic heterocycles. The highest BCUT2D eigenvalue weighted by molar-refractivity contribution is 5.88. The van der Waals surface area contributed by atoms with Crippen molar-refractivity contribution in [3.05, 3.63) is 84.4 Å². The zero-order valence-electron chi connectivity index (χ0n) is 9.99. The summed E-state index contributed by atoms with van der Waals surface area (Å²) in [5.41, 5.74) is 0.730. The Bertz CT molecular complexity index is 588. The lowest BCUT2D eigenvalue weighted by Gasteiger charge is -1.96.